The summed E-state index contributed by atoms with van der Waals surface area (Å²) in [7, 11) is -3.40. The molecule has 22 heavy (non-hydrogen) atoms. The van der Waals surface area contributed by atoms with E-state index in [0.29, 0.717) is 5.46 Å². The molecule has 1 rings (SSSR count). The lowest BCUT2D eigenvalue weighted by molar-refractivity contribution is 0.426. The van der Waals surface area contributed by atoms with Gasteiger partial charge in [-0.2, -0.15) is 0 Å². The first-order chi connectivity index (χ1) is 9.66. The fourth-order valence-corrected chi connectivity index (χ4v) is 15.6. The Morgan fingerprint density at radius 2 is 1.00 bits per heavy atom. The monoisotopic (exact) mass is 320 g/mol. The van der Waals surface area contributed by atoms with E-state index >= 15 is 0 Å². The lowest BCUT2D eigenvalue weighted by Gasteiger charge is -2.59. The number of hydrogen-bond acceptors (Lipinski definition) is 2. The highest BCUT2D eigenvalue weighted by Gasteiger charge is 2.60. The summed E-state index contributed by atoms with van der Waals surface area (Å²) in [5.74, 6) is 0. The Bertz CT molecular complexity index is 466. The molecule has 0 bridgehead atoms. The van der Waals surface area contributed by atoms with Crippen molar-refractivity contribution in [2.75, 3.05) is 0 Å². The van der Waals surface area contributed by atoms with Gasteiger partial charge < -0.3 is 10.0 Å². The van der Waals surface area contributed by atoms with Gasteiger partial charge in [0.25, 0.3) is 0 Å². The molecule has 124 valence electrons. The van der Waals surface area contributed by atoms with E-state index in [1.54, 1.807) is 0 Å². The quantitative estimate of drug-likeness (QED) is 0.820. The molecule has 0 atom stereocenters. The zero-order valence-electron chi connectivity index (χ0n) is 15.8. The second-order valence-electron chi connectivity index (χ2n) is 9.50. The van der Waals surface area contributed by atoms with Gasteiger partial charge in [-0.15, -0.1) is 0 Å². The molecule has 0 radical (unpaired) electrons. The highest BCUT2D eigenvalue weighted by molar-refractivity contribution is 6.98. The lowest BCUT2D eigenvalue weighted by atomic mass is 9.81. The van der Waals surface area contributed by atoms with Crippen LogP contribution in [0.1, 0.15) is 62.3 Å². The molecule has 0 heterocycles. The first kappa shape index (κ1) is 19.5. The maximum Gasteiger partial charge on any atom is 0.488 e. The van der Waals surface area contributed by atoms with Gasteiger partial charge in [0.05, 0.1) is 0 Å². The molecule has 0 aliphatic rings. The van der Waals surface area contributed by atoms with Crippen molar-refractivity contribution in [3.05, 3.63) is 24.3 Å². The lowest BCUT2D eigenvalue weighted by Crippen LogP contribution is -2.66. The predicted molar refractivity (Wildman–Crippen MR) is 101 cm³/mol. The van der Waals surface area contributed by atoms with Crippen LogP contribution in [0.5, 0.6) is 0 Å². The zero-order valence-corrected chi connectivity index (χ0v) is 16.8. The Morgan fingerprint density at radius 1 is 0.682 bits per heavy atom. The third-order valence-corrected chi connectivity index (χ3v) is 13.0. The maximum absolute atomic E-state index is 9.36. The smallest absolute Gasteiger partial charge is 0.423 e. The minimum Gasteiger partial charge on any atom is -0.423 e. The molecule has 0 saturated carbocycles. The van der Waals surface area contributed by atoms with Gasteiger partial charge in [0.2, 0.25) is 0 Å². The maximum atomic E-state index is 9.36. The van der Waals surface area contributed by atoms with E-state index in [1.165, 1.54) is 5.19 Å². The summed E-state index contributed by atoms with van der Waals surface area (Å²) in [4.78, 5) is 0. The molecule has 2 N–H and O–H groups in total. The van der Waals surface area contributed by atoms with Gasteiger partial charge >= 0.3 is 7.12 Å². The molecule has 2 nitrogen and oxygen atoms in total. The summed E-state index contributed by atoms with van der Waals surface area (Å²) < 4.78 is 0. The van der Waals surface area contributed by atoms with Crippen LogP contribution in [0.3, 0.4) is 0 Å². The van der Waals surface area contributed by atoms with E-state index in [4.69, 9.17) is 0 Å². The second-order valence-corrected chi connectivity index (χ2v) is 16.1. The Morgan fingerprint density at radius 3 is 1.23 bits per heavy atom. The van der Waals surface area contributed by atoms with Gasteiger partial charge in [-0.1, -0.05) is 91.8 Å². The second kappa shape index (κ2) is 5.81. The van der Waals surface area contributed by atoms with Crippen molar-refractivity contribution in [3.63, 3.8) is 0 Å². The van der Waals surface area contributed by atoms with Crippen LogP contribution in [0.2, 0.25) is 15.1 Å². The van der Waals surface area contributed by atoms with Gasteiger partial charge in [-0.25, -0.2) is 0 Å². The van der Waals surface area contributed by atoms with Crippen molar-refractivity contribution in [3.8, 4) is 0 Å². The summed E-state index contributed by atoms with van der Waals surface area (Å²) >= 11 is 0. The molecule has 0 spiro atoms. The molecule has 0 saturated heterocycles. The Balaban J connectivity index is 3.71. The van der Waals surface area contributed by atoms with E-state index in [2.05, 4.69) is 74.4 Å². The third kappa shape index (κ3) is 3.06. The van der Waals surface area contributed by atoms with Gasteiger partial charge in [0, 0.05) is 0 Å². The van der Waals surface area contributed by atoms with E-state index in [1.807, 2.05) is 12.1 Å². The first-order valence-corrected chi connectivity index (χ1v) is 10.1. The average molecular weight is 320 g/mol. The van der Waals surface area contributed by atoms with Crippen molar-refractivity contribution in [2.24, 2.45) is 0 Å². The van der Waals surface area contributed by atoms with Crippen LogP contribution in [0.4, 0.5) is 0 Å². The highest BCUT2D eigenvalue weighted by Crippen LogP contribution is 2.61. The Hall–Kier alpha value is -0.578. The molecule has 0 unspecified atom stereocenters. The van der Waals surface area contributed by atoms with Gasteiger partial charge in [0.1, 0.15) is 8.07 Å². The third-order valence-electron chi connectivity index (χ3n) is 5.02. The van der Waals surface area contributed by atoms with Crippen molar-refractivity contribution in [1.82, 2.24) is 0 Å². The average Bonchev–Trinajstić information content (AvgIpc) is 2.23. The van der Waals surface area contributed by atoms with Crippen molar-refractivity contribution in [1.29, 1.82) is 0 Å². The Kier molecular flexibility index (Phi) is 5.14. The number of rotatable bonds is 2. The summed E-state index contributed by atoms with van der Waals surface area (Å²) in [6.45, 7) is 21.3. The standard InChI is InChI=1S/C18H33BO2Si/c1-16(2,3)22(17(4,5)6,18(7,8)9)15-12-10-14(11-13-15)19(20)21/h10-13,20-21H,1-9H3. The minimum atomic E-state index is -2.00. The largest absolute Gasteiger partial charge is 0.488 e. The molecule has 1 aromatic rings. The van der Waals surface area contributed by atoms with Crippen molar-refractivity contribution < 1.29 is 10.0 Å². The van der Waals surface area contributed by atoms with Crippen LogP contribution in [0, 0.1) is 0 Å². The van der Waals surface area contributed by atoms with E-state index < -0.39 is 15.2 Å². The van der Waals surface area contributed by atoms with E-state index in [0.717, 1.165) is 0 Å². The first-order valence-electron chi connectivity index (χ1n) is 8.13. The van der Waals surface area contributed by atoms with Crippen LogP contribution in [0.25, 0.3) is 0 Å². The molecule has 1 aromatic carbocycles. The summed E-state index contributed by atoms with van der Waals surface area (Å²) in [5.41, 5.74) is 0.559. The molecule has 4 heteroatoms. The predicted octanol–water partition coefficient (Wildman–Crippen LogP) is 3.42. The summed E-state index contributed by atoms with van der Waals surface area (Å²) in [6.07, 6.45) is 0. The van der Waals surface area contributed by atoms with Crippen LogP contribution >= 0.6 is 0 Å². The van der Waals surface area contributed by atoms with Crippen molar-refractivity contribution in [2.45, 2.75) is 77.4 Å². The van der Waals surface area contributed by atoms with Crippen LogP contribution in [0.15, 0.2) is 24.3 Å². The number of hydrogen-bond donors (Lipinski definition) is 2. The summed E-state index contributed by atoms with van der Waals surface area (Å²) in [5, 5.41) is 20.7. The van der Waals surface area contributed by atoms with Gasteiger partial charge in [-0.3, -0.25) is 0 Å². The SMILES string of the molecule is CC(C)(C)[Si](c1ccc(B(O)O)cc1)(C(C)(C)C)C(C)(C)C. The fraction of sp³-hybridized carbons (Fsp3) is 0.667. The fourth-order valence-electron chi connectivity index (χ4n) is 5.58. The van der Waals surface area contributed by atoms with Gasteiger partial charge in [0.15, 0.2) is 0 Å². The van der Waals surface area contributed by atoms with Crippen molar-refractivity contribution >= 4 is 25.8 Å². The molecule has 0 aromatic heterocycles. The van der Waals surface area contributed by atoms with Gasteiger partial charge in [-0.05, 0) is 20.6 Å². The van der Waals surface area contributed by atoms with Crippen LogP contribution < -0.4 is 10.6 Å². The molecule has 0 amide bonds. The molecule has 0 aliphatic heterocycles. The topological polar surface area (TPSA) is 40.5 Å². The van der Waals surface area contributed by atoms with Crippen LogP contribution in [-0.2, 0) is 0 Å². The van der Waals surface area contributed by atoms with E-state index in [-0.39, 0.29) is 15.1 Å². The Labute approximate surface area is 138 Å². The zero-order chi connectivity index (χ0) is 17.6. The molecular formula is C18H33BO2Si. The number of benzene rings is 1. The highest BCUT2D eigenvalue weighted by atomic mass is 28.3. The molecule has 0 fully saturated rings. The molecule has 0 aliphatic carbocycles. The minimum absolute atomic E-state index is 0.183. The van der Waals surface area contributed by atoms with E-state index in [9.17, 15) is 10.0 Å². The summed E-state index contributed by atoms with van der Waals surface area (Å²) in [6, 6.07) is 7.99. The molecular weight excluding hydrogens is 287 g/mol. The normalized spacial score (nSPS) is 14.1. The van der Waals surface area contributed by atoms with Crippen LogP contribution in [-0.4, -0.2) is 25.2 Å².